The SMILES string of the molecule is CC1=C2C(O)C(=O)C3(C)C(O)CC4OCC4(O)C3C(OC(=O)c3ccccc3)C(O)(CC1O)C2(C)C.CC1=C2C(O)C(=O)C3(C)C(OC(=O)OCc4ccccc4)CC4OCC4(O)C3C(OC(=O)c3ccccc3)C(O)(CC1O)C2(C)C.[Ac].[Ac].[Ac].[Ac]. The van der Waals surface area contributed by atoms with E-state index >= 15 is 0 Å². The number of benzene rings is 3. The fraction of sp³-hybridized carbons (Fsp3) is 0.565. The third-order valence-corrected chi connectivity index (χ3v) is 20.7. The molecule has 24 heteroatoms. The molecule has 0 aromatic heterocycles. The van der Waals surface area contributed by atoms with E-state index in [2.05, 4.69) is 0 Å². The topological polar surface area (TPSA) is 323 Å². The molecule has 2 aliphatic heterocycles. The number of carbonyl (C=O) groups excluding carboxylic acids is 5. The average Bonchev–Trinajstić information content (AvgIpc) is 0.693. The number of esters is 2. The molecule has 4 saturated carbocycles. The summed E-state index contributed by atoms with van der Waals surface area (Å²) in [6.07, 6.45) is -15.7. The van der Waals surface area contributed by atoms with Gasteiger partial charge >= 0.3 is 18.1 Å². The molecule has 18 unspecified atom stereocenters. The summed E-state index contributed by atoms with van der Waals surface area (Å²) in [5, 5.41) is 106. The van der Waals surface area contributed by atoms with Gasteiger partial charge in [-0.15, -0.1) is 0 Å². The second kappa shape index (κ2) is 27.4. The standard InChI is InChI=1S/C35H40O11.C27H34O9.4Ac/c1-19-22(36)16-35(42)29(46-30(39)21-13-9-6-10-14-21)27-33(4,28(38)26(37)25(19)32(35,2)3)23(15-24-34(27,41)18-44-24)45-31(40)43-17-20-11-7-5-8-12-20;1-13-15(28)11-27(34)22(36-23(32)14-8-6-5-7-9-14)20-25(4,16(29)10-17-26(20,33)12-35-17)21(31)19(30)18(13)24(27,2)3;;;;/h5-14,22-24,26-27,29,36-37,41-42H,15-18H2,1-4H3;5-9,15-17,19-20,22,28-30,33-34H,10-12H2,1-4H3;;;;. The van der Waals surface area contributed by atoms with Gasteiger partial charge in [0.05, 0.1) is 65.7 Å². The van der Waals surface area contributed by atoms with E-state index < -0.39 is 147 Å². The number of hydrogen-bond donors (Lipinski definition) is 9. The van der Waals surface area contributed by atoms with E-state index in [0.29, 0.717) is 16.7 Å². The van der Waals surface area contributed by atoms with Gasteiger partial charge in [-0.3, -0.25) is 9.59 Å². The maximum absolute atomic E-state index is 14.7. The molecule has 8 aliphatic rings. The van der Waals surface area contributed by atoms with Crippen molar-refractivity contribution in [3.8, 4) is 0 Å². The Kier molecular flexibility index (Phi) is 23.9. The number of fused-ring (bicyclic) bond motifs is 10. The molecule has 11 rings (SSSR count). The van der Waals surface area contributed by atoms with Crippen molar-refractivity contribution in [1.82, 2.24) is 0 Å². The van der Waals surface area contributed by atoms with E-state index in [-0.39, 0.29) is 244 Å². The smallest absolute Gasteiger partial charge is 0.455 e. The van der Waals surface area contributed by atoms with Crippen LogP contribution in [0.4, 0.5) is 4.79 Å². The Morgan fingerprint density at radius 2 is 0.907 bits per heavy atom. The van der Waals surface area contributed by atoms with Crippen LogP contribution in [0.2, 0.25) is 0 Å². The number of aliphatic hydroxyl groups is 9. The molecule has 20 nitrogen and oxygen atoms in total. The van der Waals surface area contributed by atoms with Crippen molar-refractivity contribution in [1.29, 1.82) is 0 Å². The summed E-state index contributed by atoms with van der Waals surface area (Å²) in [7, 11) is 0. The van der Waals surface area contributed by atoms with Gasteiger partial charge in [-0.25, -0.2) is 14.4 Å². The van der Waals surface area contributed by atoms with E-state index in [1.54, 1.807) is 114 Å². The maximum atomic E-state index is 14.7. The van der Waals surface area contributed by atoms with Gasteiger partial charge in [-0.1, -0.05) is 94.4 Å². The van der Waals surface area contributed by atoms with Crippen LogP contribution < -0.4 is 0 Å². The Labute approximate surface area is 642 Å². The summed E-state index contributed by atoms with van der Waals surface area (Å²) in [4.78, 5) is 69.0. The van der Waals surface area contributed by atoms with Gasteiger partial charge in [0.1, 0.15) is 59.5 Å². The largest absolute Gasteiger partial charge is 0.508 e. The van der Waals surface area contributed by atoms with Crippen LogP contribution >= 0.6 is 0 Å². The van der Waals surface area contributed by atoms with Crippen molar-refractivity contribution >= 4 is 29.7 Å². The number of Topliss-reactive ketones (excluding diaryl/α,β-unsaturated/α-hetero) is 2. The molecule has 86 heavy (non-hydrogen) atoms. The van der Waals surface area contributed by atoms with Crippen molar-refractivity contribution in [3.05, 3.63) is 130 Å². The minimum Gasteiger partial charge on any atom is -0.455 e. The van der Waals surface area contributed by atoms with E-state index in [4.69, 9.17) is 28.4 Å². The van der Waals surface area contributed by atoms with Crippen LogP contribution in [0.1, 0.15) is 107 Å². The van der Waals surface area contributed by atoms with Crippen LogP contribution in [0, 0.1) is 210 Å². The van der Waals surface area contributed by atoms with Gasteiger partial charge in [-0.05, 0) is 79.8 Å². The molecule has 4 bridgehead atoms. The number of hydrogen-bond acceptors (Lipinski definition) is 20. The summed E-state index contributed by atoms with van der Waals surface area (Å²) >= 11 is 0. The minimum absolute atomic E-state index is 0. The first-order valence-electron chi connectivity index (χ1n) is 27.8. The van der Waals surface area contributed by atoms with E-state index in [9.17, 15) is 69.9 Å². The average molecular weight is 2050 g/mol. The Hall–Kier alpha value is 0.0162. The van der Waals surface area contributed by atoms with Gasteiger partial charge in [-0.2, -0.15) is 0 Å². The zero-order valence-electron chi connectivity index (χ0n) is 49.4. The summed E-state index contributed by atoms with van der Waals surface area (Å²) in [5.74, 6) is -6.00. The number of carbonyl (C=O) groups is 5. The third-order valence-electron chi connectivity index (χ3n) is 20.7. The second-order valence-corrected chi connectivity index (χ2v) is 25.4. The first-order valence-corrected chi connectivity index (χ1v) is 27.8. The van der Waals surface area contributed by atoms with Gasteiger partial charge in [0.2, 0.25) is 0 Å². The predicted octanol–water partition coefficient (Wildman–Crippen LogP) is 3.38. The molecule has 3 aromatic rings. The minimum atomic E-state index is -2.12. The Balaban J connectivity index is 0.000000270. The van der Waals surface area contributed by atoms with Gasteiger partial charge in [0.15, 0.2) is 11.6 Å². The van der Waals surface area contributed by atoms with Crippen LogP contribution in [-0.4, -0.2) is 172 Å². The molecule has 18 atom stereocenters. The normalized spacial score (nSPS) is 39.3. The molecule has 454 valence electrons. The quantitative estimate of drug-likeness (QED) is 0.0930. The molecular formula is C62H74Ac4O20. The van der Waals surface area contributed by atoms with Crippen LogP contribution in [0.3, 0.4) is 0 Å². The first kappa shape index (κ1) is 75.0. The molecule has 0 amide bonds. The molecule has 2 heterocycles. The van der Waals surface area contributed by atoms with Crippen LogP contribution in [0.15, 0.2) is 113 Å². The molecule has 3 aromatic carbocycles. The van der Waals surface area contributed by atoms with Gasteiger partial charge < -0.3 is 74.4 Å². The fourth-order valence-electron chi connectivity index (χ4n) is 15.5. The Morgan fingerprint density at radius 1 is 0.535 bits per heavy atom. The van der Waals surface area contributed by atoms with E-state index in [0.717, 1.165) is 0 Å². The summed E-state index contributed by atoms with van der Waals surface area (Å²) in [5.41, 5.74) is -12.3. The molecule has 9 N–H and O–H groups in total. The van der Waals surface area contributed by atoms with Crippen molar-refractivity contribution in [2.24, 2.45) is 33.5 Å². The number of aliphatic hydroxyl groups excluding tert-OH is 5. The summed E-state index contributed by atoms with van der Waals surface area (Å²) in [6.45, 7) is 11.9. The molecule has 6 fully saturated rings. The zero-order chi connectivity index (χ0) is 59.7. The van der Waals surface area contributed by atoms with E-state index in [1.165, 1.54) is 26.0 Å². The van der Waals surface area contributed by atoms with Crippen LogP contribution in [0.5, 0.6) is 0 Å². The molecular weight excluding hydrogens is 1970 g/mol. The van der Waals surface area contributed by atoms with Gasteiger partial charge in [0.25, 0.3) is 0 Å². The summed E-state index contributed by atoms with van der Waals surface area (Å²) < 4.78 is 34.7. The monoisotopic (exact) mass is 2050 g/mol. The van der Waals surface area contributed by atoms with Crippen molar-refractivity contribution < 1.29 is 275 Å². The number of ether oxygens (including phenoxy) is 6. The summed E-state index contributed by atoms with van der Waals surface area (Å²) in [6, 6.07) is 25.1. The molecule has 6 aliphatic carbocycles. The molecule has 2 saturated heterocycles. The zero-order valence-corrected chi connectivity index (χ0v) is 68.3. The number of ketones is 2. The Bertz CT molecular complexity index is 3110. The predicted molar refractivity (Wildman–Crippen MR) is 287 cm³/mol. The third kappa shape index (κ3) is 11.9. The van der Waals surface area contributed by atoms with Crippen molar-refractivity contribution in [2.45, 2.75) is 171 Å². The second-order valence-electron chi connectivity index (χ2n) is 25.4. The van der Waals surface area contributed by atoms with E-state index in [1.807, 2.05) is 6.07 Å². The maximum Gasteiger partial charge on any atom is 0.508 e. The molecule has 4 radical (unpaired) electrons. The van der Waals surface area contributed by atoms with Crippen molar-refractivity contribution in [3.63, 3.8) is 0 Å². The van der Waals surface area contributed by atoms with Crippen LogP contribution in [0.25, 0.3) is 0 Å². The van der Waals surface area contributed by atoms with Crippen LogP contribution in [-0.2, 0) is 44.6 Å². The van der Waals surface area contributed by atoms with Crippen molar-refractivity contribution in [2.75, 3.05) is 13.2 Å². The fourth-order valence-corrected chi connectivity index (χ4v) is 15.5. The number of rotatable bonds is 7. The Morgan fingerprint density at radius 3 is 1.30 bits per heavy atom. The first-order chi connectivity index (χ1) is 38.4. The van der Waals surface area contributed by atoms with Gasteiger partial charge in [0, 0.05) is 225 Å². The molecule has 0 spiro atoms.